The standard InChI is InChI=1S/C23H30N4O4S/c1-17-7-6-8-18(2)27(17)32(30,31)21-13-11-20(12-14-21)25-22(28)15-16-24-23(29)26-19-9-4-3-5-10-19/h3-5,9-14,17-18H,6-8,15-16H2,1-2H3,(H,25,28)(H2,24,26,29). The highest BCUT2D eigenvalue weighted by atomic mass is 32.2. The average Bonchev–Trinajstić information content (AvgIpc) is 2.74. The summed E-state index contributed by atoms with van der Waals surface area (Å²) in [7, 11) is -3.59. The van der Waals surface area contributed by atoms with Crippen molar-refractivity contribution in [2.75, 3.05) is 17.2 Å². The minimum atomic E-state index is -3.59. The van der Waals surface area contributed by atoms with Crippen LogP contribution < -0.4 is 16.0 Å². The van der Waals surface area contributed by atoms with Crippen LogP contribution in [0.2, 0.25) is 0 Å². The van der Waals surface area contributed by atoms with E-state index in [4.69, 9.17) is 0 Å². The lowest BCUT2D eigenvalue weighted by atomic mass is 10.0. The molecule has 0 radical (unpaired) electrons. The first-order valence-electron chi connectivity index (χ1n) is 10.8. The molecule has 0 bridgehead atoms. The van der Waals surface area contributed by atoms with Crippen LogP contribution in [0.4, 0.5) is 16.2 Å². The summed E-state index contributed by atoms with van der Waals surface area (Å²) in [5, 5.41) is 8.02. The van der Waals surface area contributed by atoms with Gasteiger partial charge in [-0.1, -0.05) is 24.6 Å². The Morgan fingerprint density at radius 2 is 1.50 bits per heavy atom. The third-order valence-electron chi connectivity index (χ3n) is 5.50. The Hall–Kier alpha value is -2.91. The first-order chi connectivity index (χ1) is 15.3. The van der Waals surface area contributed by atoms with E-state index in [1.807, 2.05) is 32.0 Å². The first kappa shape index (κ1) is 23.7. The zero-order valence-corrected chi connectivity index (χ0v) is 19.2. The minimum Gasteiger partial charge on any atom is -0.337 e. The van der Waals surface area contributed by atoms with E-state index in [9.17, 15) is 18.0 Å². The largest absolute Gasteiger partial charge is 0.337 e. The Morgan fingerprint density at radius 3 is 2.12 bits per heavy atom. The molecule has 9 heteroatoms. The van der Waals surface area contributed by atoms with Crippen molar-refractivity contribution in [3.63, 3.8) is 0 Å². The monoisotopic (exact) mass is 458 g/mol. The summed E-state index contributed by atoms with van der Waals surface area (Å²) in [4.78, 5) is 24.2. The quantitative estimate of drug-likeness (QED) is 0.587. The number of hydrogen-bond donors (Lipinski definition) is 3. The van der Waals surface area contributed by atoms with Crippen molar-refractivity contribution in [3.05, 3.63) is 54.6 Å². The number of amides is 3. The van der Waals surface area contributed by atoms with Gasteiger partial charge in [0, 0.05) is 36.4 Å². The molecular weight excluding hydrogens is 428 g/mol. The van der Waals surface area contributed by atoms with E-state index in [1.54, 1.807) is 28.6 Å². The fourth-order valence-electron chi connectivity index (χ4n) is 3.91. The SMILES string of the molecule is CC1CCCC(C)N1S(=O)(=O)c1ccc(NC(=O)CCNC(=O)Nc2ccccc2)cc1. The van der Waals surface area contributed by atoms with Gasteiger partial charge in [0.1, 0.15) is 0 Å². The normalized spacial score (nSPS) is 19.2. The van der Waals surface area contributed by atoms with Crippen molar-refractivity contribution in [1.82, 2.24) is 9.62 Å². The molecule has 3 amide bonds. The van der Waals surface area contributed by atoms with Gasteiger partial charge in [-0.25, -0.2) is 13.2 Å². The van der Waals surface area contributed by atoms with E-state index >= 15 is 0 Å². The Balaban J connectivity index is 1.49. The molecule has 0 saturated carbocycles. The lowest BCUT2D eigenvalue weighted by Gasteiger charge is -2.37. The number of rotatable bonds is 7. The molecule has 8 nitrogen and oxygen atoms in total. The number of anilines is 2. The Bertz CT molecular complexity index is 1020. The summed E-state index contributed by atoms with van der Waals surface area (Å²) in [6, 6.07) is 14.8. The fraction of sp³-hybridized carbons (Fsp3) is 0.391. The van der Waals surface area contributed by atoms with Gasteiger partial charge >= 0.3 is 6.03 Å². The number of benzene rings is 2. The van der Waals surface area contributed by atoms with Gasteiger partial charge in [0.15, 0.2) is 0 Å². The molecule has 3 rings (SSSR count). The highest BCUT2D eigenvalue weighted by Gasteiger charge is 2.35. The number of nitrogens with zero attached hydrogens (tertiary/aromatic N) is 1. The van der Waals surface area contributed by atoms with Gasteiger partial charge in [-0.15, -0.1) is 0 Å². The molecular formula is C23H30N4O4S. The Labute approximate surface area is 189 Å². The van der Waals surface area contributed by atoms with Gasteiger partial charge in [0.25, 0.3) is 0 Å². The maximum absolute atomic E-state index is 13.1. The van der Waals surface area contributed by atoms with Crippen LogP contribution in [0.5, 0.6) is 0 Å². The summed E-state index contributed by atoms with van der Waals surface area (Å²) >= 11 is 0. The lowest BCUT2D eigenvalue weighted by Crippen LogP contribution is -2.47. The molecule has 2 aromatic rings. The molecule has 1 aliphatic heterocycles. The average molecular weight is 459 g/mol. The summed E-state index contributed by atoms with van der Waals surface area (Å²) in [5.41, 5.74) is 1.17. The third-order valence-corrected chi connectivity index (χ3v) is 7.64. The van der Waals surface area contributed by atoms with Gasteiger partial charge < -0.3 is 16.0 Å². The smallest absolute Gasteiger partial charge is 0.319 e. The summed E-state index contributed by atoms with van der Waals surface area (Å²) in [5.74, 6) is -0.279. The summed E-state index contributed by atoms with van der Waals surface area (Å²) < 4.78 is 27.7. The van der Waals surface area contributed by atoms with E-state index in [2.05, 4.69) is 16.0 Å². The van der Waals surface area contributed by atoms with Crippen LogP contribution in [0.15, 0.2) is 59.5 Å². The molecule has 2 unspecified atom stereocenters. The molecule has 2 aromatic carbocycles. The van der Waals surface area contributed by atoms with E-state index < -0.39 is 10.0 Å². The summed E-state index contributed by atoms with van der Waals surface area (Å²) in [6.07, 6.45) is 2.83. The Morgan fingerprint density at radius 1 is 0.906 bits per heavy atom. The van der Waals surface area contributed by atoms with Gasteiger partial charge in [0.2, 0.25) is 15.9 Å². The number of carbonyl (C=O) groups excluding carboxylic acids is 2. The van der Waals surface area contributed by atoms with Crippen molar-refractivity contribution in [2.24, 2.45) is 0 Å². The second kappa shape index (κ2) is 10.6. The fourth-order valence-corrected chi connectivity index (χ4v) is 5.80. The number of hydrogen-bond acceptors (Lipinski definition) is 4. The summed E-state index contributed by atoms with van der Waals surface area (Å²) in [6.45, 7) is 4.05. The number of nitrogens with one attached hydrogen (secondary N) is 3. The predicted octanol–water partition coefficient (Wildman–Crippen LogP) is 3.79. The van der Waals surface area contributed by atoms with Gasteiger partial charge in [-0.3, -0.25) is 4.79 Å². The van der Waals surface area contributed by atoms with Crippen molar-refractivity contribution in [1.29, 1.82) is 0 Å². The molecule has 1 saturated heterocycles. The van der Waals surface area contributed by atoms with Crippen molar-refractivity contribution < 1.29 is 18.0 Å². The number of para-hydroxylation sites is 1. The van der Waals surface area contributed by atoms with E-state index in [1.165, 1.54) is 12.1 Å². The van der Waals surface area contributed by atoms with E-state index in [-0.39, 0.29) is 41.9 Å². The van der Waals surface area contributed by atoms with Crippen LogP contribution in [0.3, 0.4) is 0 Å². The van der Waals surface area contributed by atoms with Crippen molar-refractivity contribution in [2.45, 2.75) is 56.5 Å². The topological polar surface area (TPSA) is 108 Å². The molecule has 1 fully saturated rings. The number of carbonyl (C=O) groups is 2. The molecule has 3 N–H and O–H groups in total. The van der Waals surface area contributed by atoms with E-state index in [0.29, 0.717) is 11.4 Å². The molecule has 2 atom stereocenters. The maximum atomic E-state index is 13.1. The molecule has 1 heterocycles. The molecule has 0 aromatic heterocycles. The number of urea groups is 1. The van der Waals surface area contributed by atoms with Crippen LogP contribution in [0.25, 0.3) is 0 Å². The van der Waals surface area contributed by atoms with Crippen LogP contribution in [0.1, 0.15) is 39.5 Å². The lowest BCUT2D eigenvalue weighted by molar-refractivity contribution is -0.116. The zero-order valence-electron chi connectivity index (χ0n) is 18.4. The molecule has 172 valence electrons. The van der Waals surface area contributed by atoms with Gasteiger partial charge in [-0.05, 0) is 63.1 Å². The molecule has 0 aliphatic carbocycles. The molecule has 32 heavy (non-hydrogen) atoms. The second-order valence-electron chi connectivity index (χ2n) is 8.03. The Kier molecular flexibility index (Phi) is 7.87. The highest BCUT2D eigenvalue weighted by molar-refractivity contribution is 7.89. The number of piperidine rings is 1. The zero-order chi connectivity index (χ0) is 23.1. The van der Waals surface area contributed by atoms with Gasteiger partial charge in [0.05, 0.1) is 4.90 Å². The first-order valence-corrected chi connectivity index (χ1v) is 12.2. The minimum absolute atomic E-state index is 0.0327. The maximum Gasteiger partial charge on any atom is 0.319 e. The van der Waals surface area contributed by atoms with Crippen LogP contribution in [-0.4, -0.2) is 43.3 Å². The predicted molar refractivity (Wildman–Crippen MR) is 125 cm³/mol. The second-order valence-corrected chi connectivity index (χ2v) is 9.88. The molecule has 1 aliphatic rings. The number of sulfonamides is 1. The van der Waals surface area contributed by atoms with Crippen LogP contribution >= 0.6 is 0 Å². The van der Waals surface area contributed by atoms with E-state index in [0.717, 1.165) is 19.3 Å². The van der Waals surface area contributed by atoms with Crippen molar-refractivity contribution in [3.8, 4) is 0 Å². The highest BCUT2D eigenvalue weighted by Crippen LogP contribution is 2.29. The molecule has 0 spiro atoms. The van der Waals surface area contributed by atoms with Crippen molar-refractivity contribution >= 4 is 33.3 Å². The van der Waals surface area contributed by atoms with Crippen LogP contribution in [-0.2, 0) is 14.8 Å². The van der Waals surface area contributed by atoms with Gasteiger partial charge in [-0.2, -0.15) is 4.31 Å². The van der Waals surface area contributed by atoms with Crippen LogP contribution in [0, 0.1) is 0 Å². The third kappa shape index (κ3) is 6.08.